The van der Waals surface area contributed by atoms with Gasteiger partial charge in [0.25, 0.3) is 0 Å². The van der Waals surface area contributed by atoms with Gasteiger partial charge in [-0.3, -0.25) is 9.79 Å². The number of aliphatic imine (C=N–C) groups is 1. The van der Waals surface area contributed by atoms with Crippen LogP contribution in [0.25, 0.3) is 0 Å². The van der Waals surface area contributed by atoms with Gasteiger partial charge in [-0.05, 0) is 5.56 Å². The van der Waals surface area contributed by atoms with E-state index >= 15 is 0 Å². The van der Waals surface area contributed by atoms with Crippen molar-refractivity contribution in [1.29, 1.82) is 0 Å². The molecule has 0 fully saturated rings. The monoisotopic (exact) mass is 221 g/mol. The molecule has 86 valence electrons. The number of nitrogens with zero attached hydrogens (tertiary/aromatic N) is 1. The Morgan fingerprint density at radius 2 is 2.19 bits per heavy atom. The van der Waals surface area contributed by atoms with Crippen LogP contribution in [0.1, 0.15) is 12.5 Å². The van der Waals surface area contributed by atoms with Gasteiger partial charge >= 0.3 is 5.97 Å². The summed E-state index contributed by atoms with van der Waals surface area (Å²) in [6.07, 6.45) is 1.13. The molecule has 0 saturated heterocycles. The Labute approximate surface area is 94.6 Å². The zero-order chi connectivity index (χ0) is 11.8. The molecule has 1 aromatic rings. The third-order valence-electron chi connectivity index (χ3n) is 1.89. The average molecular weight is 221 g/mol. The summed E-state index contributed by atoms with van der Waals surface area (Å²) >= 11 is 0. The van der Waals surface area contributed by atoms with Crippen LogP contribution in [0.4, 0.5) is 0 Å². The molecule has 0 amide bonds. The van der Waals surface area contributed by atoms with Gasteiger partial charge in [0.15, 0.2) is 0 Å². The summed E-state index contributed by atoms with van der Waals surface area (Å²) in [5, 5.41) is 8.92. The number of rotatable bonds is 5. The number of hydrogen-bond donors (Lipinski definition) is 1. The Kier molecular flexibility index (Phi) is 5.22. The fourth-order valence-electron chi connectivity index (χ4n) is 1.18. The van der Waals surface area contributed by atoms with E-state index in [1.807, 2.05) is 30.3 Å². The Bertz CT molecular complexity index is 349. The molecule has 1 aromatic carbocycles. The zero-order valence-corrected chi connectivity index (χ0v) is 9.17. The number of benzene rings is 1. The summed E-state index contributed by atoms with van der Waals surface area (Å²) in [6, 6.07) is 9.59. The second-order valence-corrected chi connectivity index (χ2v) is 3.32. The highest BCUT2D eigenvalue weighted by Gasteiger charge is 2.08. The van der Waals surface area contributed by atoms with E-state index in [1.54, 1.807) is 6.21 Å². The smallest absolute Gasteiger partial charge is 0.303 e. The fourth-order valence-corrected chi connectivity index (χ4v) is 1.18. The lowest BCUT2D eigenvalue weighted by molar-refractivity contribution is -0.147. The van der Waals surface area contributed by atoms with Crippen molar-refractivity contribution in [3.63, 3.8) is 0 Å². The molecule has 16 heavy (non-hydrogen) atoms. The molecule has 0 saturated carbocycles. The van der Waals surface area contributed by atoms with Crippen molar-refractivity contribution >= 4 is 12.2 Å². The normalized spacial score (nSPS) is 12.6. The van der Waals surface area contributed by atoms with E-state index < -0.39 is 12.1 Å². The van der Waals surface area contributed by atoms with E-state index in [0.29, 0.717) is 0 Å². The van der Waals surface area contributed by atoms with E-state index in [2.05, 4.69) is 4.99 Å². The van der Waals surface area contributed by atoms with Gasteiger partial charge < -0.3 is 9.84 Å². The molecular weight excluding hydrogens is 206 g/mol. The third kappa shape index (κ3) is 4.70. The van der Waals surface area contributed by atoms with Crippen molar-refractivity contribution in [2.24, 2.45) is 4.99 Å². The molecular formula is C12H15NO3. The van der Waals surface area contributed by atoms with Gasteiger partial charge in [-0.25, -0.2) is 0 Å². The van der Waals surface area contributed by atoms with Crippen LogP contribution in [0, 0.1) is 0 Å². The van der Waals surface area contributed by atoms with Gasteiger partial charge in [0.1, 0.15) is 6.10 Å². The van der Waals surface area contributed by atoms with Gasteiger partial charge in [0.2, 0.25) is 0 Å². The molecule has 1 atom stereocenters. The first-order chi connectivity index (χ1) is 7.72. The maximum absolute atomic E-state index is 10.7. The van der Waals surface area contributed by atoms with E-state index in [-0.39, 0.29) is 13.2 Å². The SMILES string of the molecule is CC(=O)OC(CO)CN=Cc1ccccc1. The zero-order valence-electron chi connectivity index (χ0n) is 9.17. The molecule has 4 heteroatoms. The minimum Gasteiger partial charge on any atom is -0.458 e. The summed E-state index contributed by atoms with van der Waals surface area (Å²) in [6.45, 7) is 1.36. The first kappa shape index (κ1) is 12.4. The standard InChI is InChI=1S/C12H15NO3/c1-10(15)16-12(9-14)8-13-7-11-5-3-2-4-6-11/h2-7,12,14H,8-9H2,1H3. The number of carbonyl (C=O) groups excluding carboxylic acids is 1. The van der Waals surface area contributed by atoms with Crippen LogP contribution in [-0.2, 0) is 9.53 Å². The molecule has 1 N–H and O–H groups in total. The van der Waals surface area contributed by atoms with Crippen molar-refractivity contribution in [2.75, 3.05) is 13.2 Å². The predicted octanol–water partition coefficient (Wildman–Crippen LogP) is 1.03. The predicted molar refractivity (Wildman–Crippen MR) is 61.5 cm³/mol. The Hall–Kier alpha value is -1.68. The minimum atomic E-state index is -0.558. The second-order valence-electron chi connectivity index (χ2n) is 3.32. The van der Waals surface area contributed by atoms with E-state index in [0.717, 1.165) is 5.56 Å². The van der Waals surface area contributed by atoms with Crippen LogP contribution in [0.3, 0.4) is 0 Å². The highest BCUT2D eigenvalue weighted by Crippen LogP contribution is 1.96. The molecule has 0 aromatic heterocycles. The number of aliphatic hydroxyl groups is 1. The topological polar surface area (TPSA) is 58.9 Å². The molecule has 1 unspecified atom stereocenters. The van der Waals surface area contributed by atoms with Crippen LogP contribution in [0.15, 0.2) is 35.3 Å². The van der Waals surface area contributed by atoms with Crippen LogP contribution in [0.2, 0.25) is 0 Å². The quantitative estimate of drug-likeness (QED) is 0.596. The van der Waals surface area contributed by atoms with Gasteiger partial charge in [-0.2, -0.15) is 0 Å². The van der Waals surface area contributed by atoms with E-state index in [9.17, 15) is 4.79 Å². The fraction of sp³-hybridized carbons (Fsp3) is 0.333. The van der Waals surface area contributed by atoms with Gasteiger partial charge in [0, 0.05) is 13.1 Å². The average Bonchev–Trinajstić information content (AvgIpc) is 2.28. The summed E-state index contributed by atoms with van der Waals surface area (Å²) in [7, 11) is 0. The number of carbonyl (C=O) groups is 1. The van der Waals surface area contributed by atoms with Crippen LogP contribution < -0.4 is 0 Å². The third-order valence-corrected chi connectivity index (χ3v) is 1.89. The number of esters is 1. The molecule has 0 aliphatic carbocycles. The first-order valence-corrected chi connectivity index (χ1v) is 5.05. The van der Waals surface area contributed by atoms with E-state index in [1.165, 1.54) is 6.92 Å². The summed E-state index contributed by atoms with van der Waals surface area (Å²) in [4.78, 5) is 14.8. The van der Waals surface area contributed by atoms with Crippen molar-refractivity contribution in [3.8, 4) is 0 Å². The molecule has 1 rings (SSSR count). The largest absolute Gasteiger partial charge is 0.458 e. The van der Waals surface area contributed by atoms with Gasteiger partial charge in [-0.1, -0.05) is 30.3 Å². The number of hydrogen-bond acceptors (Lipinski definition) is 4. The van der Waals surface area contributed by atoms with Crippen LogP contribution >= 0.6 is 0 Å². The highest BCUT2D eigenvalue weighted by molar-refractivity contribution is 5.79. The Morgan fingerprint density at radius 3 is 2.75 bits per heavy atom. The molecule has 0 heterocycles. The van der Waals surface area contributed by atoms with Crippen molar-refractivity contribution in [3.05, 3.63) is 35.9 Å². The summed E-state index contributed by atoms with van der Waals surface area (Å²) in [5.74, 6) is -0.408. The molecule has 0 aliphatic heterocycles. The van der Waals surface area contributed by atoms with Crippen molar-refractivity contribution in [1.82, 2.24) is 0 Å². The lowest BCUT2D eigenvalue weighted by atomic mass is 10.2. The lowest BCUT2D eigenvalue weighted by Gasteiger charge is -2.10. The highest BCUT2D eigenvalue weighted by atomic mass is 16.5. The molecule has 0 spiro atoms. The van der Waals surface area contributed by atoms with Crippen molar-refractivity contribution in [2.45, 2.75) is 13.0 Å². The Balaban J connectivity index is 2.43. The Morgan fingerprint density at radius 1 is 1.50 bits per heavy atom. The summed E-state index contributed by atoms with van der Waals surface area (Å²) < 4.78 is 4.83. The van der Waals surface area contributed by atoms with Crippen LogP contribution in [-0.4, -0.2) is 36.5 Å². The molecule has 0 aliphatic rings. The molecule has 0 bridgehead atoms. The summed E-state index contributed by atoms with van der Waals surface area (Å²) in [5.41, 5.74) is 0.974. The lowest BCUT2D eigenvalue weighted by Crippen LogP contribution is -2.23. The maximum atomic E-state index is 10.7. The van der Waals surface area contributed by atoms with E-state index in [4.69, 9.17) is 9.84 Å². The molecule has 0 radical (unpaired) electrons. The van der Waals surface area contributed by atoms with Gasteiger partial charge in [0.05, 0.1) is 13.2 Å². The first-order valence-electron chi connectivity index (χ1n) is 5.05. The van der Waals surface area contributed by atoms with Crippen molar-refractivity contribution < 1.29 is 14.6 Å². The maximum Gasteiger partial charge on any atom is 0.303 e. The van der Waals surface area contributed by atoms with Gasteiger partial charge in [-0.15, -0.1) is 0 Å². The van der Waals surface area contributed by atoms with Crippen LogP contribution in [0.5, 0.6) is 0 Å². The minimum absolute atomic E-state index is 0.217. The molecule has 4 nitrogen and oxygen atoms in total. The second kappa shape index (κ2) is 6.74. The number of ether oxygens (including phenoxy) is 1. The number of aliphatic hydroxyl groups excluding tert-OH is 1.